The summed E-state index contributed by atoms with van der Waals surface area (Å²) in [4.78, 5) is 27.9. The number of para-hydroxylation sites is 1. The summed E-state index contributed by atoms with van der Waals surface area (Å²) in [7, 11) is 0. The molecule has 124 valence electrons. The average Bonchev–Trinajstić information content (AvgIpc) is 2.61. The van der Waals surface area contributed by atoms with Crippen LogP contribution in [0.3, 0.4) is 0 Å². The molecule has 2 aliphatic heterocycles. The van der Waals surface area contributed by atoms with Gasteiger partial charge in [0, 0.05) is 26.2 Å². The van der Waals surface area contributed by atoms with Crippen LogP contribution in [0.1, 0.15) is 12.5 Å². The van der Waals surface area contributed by atoms with E-state index < -0.39 is 0 Å². The molecule has 3 rings (SSSR count). The fraction of sp³-hybridized carbons (Fsp3) is 0.529. The van der Waals surface area contributed by atoms with E-state index in [-0.39, 0.29) is 17.9 Å². The first-order valence-corrected chi connectivity index (χ1v) is 8.10. The van der Waals surface area contributed by atoms with Gasteiger partial charge in [0.05, 0.1) is 12.5 Å². The molecular formula is C17H22N2O4. The van der Waals surface area contributed by atoms with Crippen molar-refractivity contribution in [1.29, 1.82) is 0 Å². The van der Waals surface area contributed by atoms with Crippen LogP contribution in [0, 0.1) is 5.92 Å². The number of piperazine rings is 1. The Morgan fingerprint density at radius 1 is 1.17 bits per heavy atom. The lowest BCUT2D eigenvalue weighted by atomic mass is 9.95. The van der Waals surface area contributed by atoms with E-state index in [1.807, 2.05) is 29.2 Å². The molecule has 1 aromatic rings. The van der Waals surface area contributed by atoms with E-state index in [0.29, 0.717) is 45.8 Å². The highest BCUT2D eigenvalue weighted by Crippen LogP contribution is 2.27. The van der Waals surface area contributed by atoms with E-state index in [9.17, 15) is 9.59 Å². The second-order valence-corrected chi connectivity index (χ2v) is 5.83. The van der Waals surface area contributed by atoms with E-state index in [2.05, 4.69) is 0 Å². The van der Waals surface area contributed by atoms with Crippen LogP contribution in [-0.2, 0) is 16.0 Å². The lowest BCUT2D eigenvalue weighted by Gasteiger charge is -2.36. The summed E-state index contributed by atoms with van der Waals surface area (Å²) in [6.07, 6.45) is 0.419. The normalized spacial score (nSPS) is 20.5. The third kappa shape index (κ3) is 3.41. The van der Waals surface area contributed by atoms with Gasteiger partial charge >= 0.3 is 6.09 Å². The zero-order chi connectivity index (χ0) is 16.2. The molecule has 2 aliphatic rings. The molecule has 0 N–H and O–H groups in total. The van der Waals surface area contributed by atoms with E-state index >= 15 is 0 Å². The van der Waals surface area contributed by atoms with Crippen LogP contribution >= 0.6 is 0 Å². The smallest absolute Gasteiger partial charge is 0.409 e. The van der Waals surface area contributed by atoms with Crippen LogP contribution in [0.25, 0.3) is 0 Å². The van der Waals surface area contributed by atoms with Crippen molar-refractivity contribution in [1.82, 2.24) is 9.80 Å². The minimum Gasteiger partial charge on any atom is -0.492 e. The minimum absolute atomic E-state index is 0.114. The summed E-state index contributed by atoms with van der Waals surface area (Å²) in [5, 5.41) is 0. The van der Waals surface area contributed by atoms with Crippen LogP contribution in [0.4, 0.5) is 4.79 Å². The first-order valence-electron chi connectivity index (χ1n) is 8.10. The molecule has 0 radical (unpaired) electrons. The molecule has 0 spiro atoms. The topological polar surface area (TPSA) is 59.1 Å². The largest absolute Gasteiger partial charge is 0.492 e. The van der Waals surface area contributed by atoms with Crippen molar-refractivity contribution in [2.75, 3.05) is 39.4 Å². The molecule has 2 heterocycles. The molecule has 1 unspecified atom stereocenters. The van der Waals surface area contributed by atoms with E-state index in [4.69, 9.17) is 9.47 Å². The molecule has 1 aromatic carbocycles. The average molecular weight is 318 g/mol. The van der Waals surface area contributed by atoms with Gasteiger partial charge in [-0.05, 0) is 25.0 Å². The fourth-order valence-electron chi connectivity index (χ4n) is 3.07. The molecule has 0 saturated carbocycles. The van der Waals surface area contributed by atoms with Crippen LogP contribution < -0.4 is 4.74 Å². The lowest BCUT2D eigenvalue weighted by molar-refractivity contribution is -0.138. The number of ether oxygens (including phenoxy) is 2. The number of fused-ring (bicyclic) bond motifs is 1. The van der Waals surface area contributed by atoms with Crippen LogP contribution in [0.2, 0.25) is 0 Å². The molecule has 0 bridgehead atoms. The summed E-state index contributed by atoms with van der Waals surface area (Å²) < 4.78 is 10.7. The molecular weight excluding hydrogens is 296 g/mol. The summed E-state index contributed by atoms with van der Waals surface area (Å²) in [6.45, 7) is 4.73. The van der Waals surface area contributed by atoms with Gasteiger partial charge < -0.3 is 19.3 Å². The van der Waals surface area contributed by atoms with Gasteiger partial charge in [0.25, 0.3) is 0 Å². The number of rotatable bonds is 2. The van der Waals surface area contributed by atoms with Gasteiger partial charge in [-0.1, -0.05) is 18.2 Å². The quantitative estimate of drug-likeness (QED) is 0.830. The lowest BCUT2D eigenvalue weighted by Crippen LogP contribution is -2.53. The van der Waals surface area contributed by atoms with Gasteiger partial charge in [0.15, 0.2) is 0 Å². The maximum Gasteiger partial charge on any atom is 0.409 e. The second kappa shape index (κ2) is 6.89. The maximum absolute atomic E-state index is 12.7. The highest BCUT2D eigenvalue weighted by atomic mass is 16.6. The van der Waals surface area contributed by atoms with Crippen molar-refractivity contribution in [2.45, 2.75) is 13.3 Å². The Balaban J connectivity index is 1.55. The Morgan fingerprint density at radius 3 is 2.61 bits per heavy atom. The van der Waals surface area contributed by atoms with Gasteiger partial charge in [-0.15, -0.1) is 0 Å². The summed E-state index contributed by atoms with van der Waals surface area (Å²) in [5.74, 6) is 0.853. The first kappa shape index (κ1) is 15.6. The second-order valence-electron chi connectivity index (χ2n) is 5.83. The van der Waals surface area contributed by atoms with Crippen LogP contribution in [0.15, 0.2) is 24.3 Å². The molecule has 1 saturated heterocycles. The Morgan fingerprint density at radius 2 is 1.87 bits per heavy atom. The number of hydrogen-bond donors (Lipinski definition) is 0. The number of carbonyl (C=O) groups excluding carboxylic acids is 2. The molecule has 6 nitrogen and oxygen atoms in total. The number of amides is 2. The molecule has 2 amide bonds. The van der Waals surface area contributed by atoms with Crippen molar-refractivity contribution in [2.24, 2.45) is 5.92 Å². The van der Waals surface area contributed by atoms with Gasteiger partial charge in [0.1, 0.15) is 12.4 Å². The highest BCUT2D eigenvalue weighted by molar-refractivity contribution is 5.80. The third-order valence-electron chi connectivity index (χ3n) is 4.35. The molecule has 6 heteroatoms. The third-order valence-corrected chi connectivity index (χ3v) is 4.35. The van der Waals surface area contributed by atoms with Gasteiger partial charge in [-0.3, -0.25) is 4.79 Å². The van der Waals surface area contributed by atoms with Gasteiger partial charge in [0.2, 0.25) is 5.91 Å². The summed E-state index contributed by atoms with van der Waals surface area (Å²) in [6, 6.07) is 7.85. The van der Waals surface area contributed by atoms with E-state index in [1.54, 1.807) is 11.8 Å². The Hall–Kier alpha value is -2.24. The van der Waals surface area contributed by atoms with Crippen molar-refractivity contribution in [3.8, 4) is 5.75 Å². The van der Waals surface area contributed by atoms with Crippen molar-refractivity contribution < 1.29 is 19.1 Å². The minimum atomic E-state index is -0.297. The molecule has 1 fully saturated rings. The van der Waals surface area contributed by atoms with Gasteiger partial charge in [-0.25, -0.2) is 4.79 Å². The number of benzene rings is 1. The Labute approximate surface area is 136 Å². The van der Waals surface area contributed by atoms with Crippen molar-refractivity contribution in [3.63, 3.8) is 0 Å². The predicted molar refractivity (Wildman–Crippen MR) is 84.3 cm³/mol. The Kier molecular flexibility index (Phi) is 4.69. The van der Waals surface area contributed by atoms with Crippen LogP contribution in [0.5, 0.6) is 5.75 Å². The Bertz CT molecular complexity index is 582. The number of nitrogens with zero attached hydrogens (tertiary/aromatic N) is 2. The zero-order valence-corrected chi connectivity index (χ0v) is 13.4. The van der Waals surface area contributed by atoms with E-state index in [0.717, 1.165) is 11.3 Å². The van der Waals surface area contributed by atoms with Crippen LogP contribution in [-0.4, -0.2) is 61.2 Å². The molecule has 0 aromatic heterocycles. The SMILES string of the molecule is CCOC(=O)N1CCN(C(=O)C2COc3ccccc3C2)CC1. The van der Waals surface area contributed by atoms with Gasteiger partial charge in [-0.2, -0.15) is 0 Å². The highest BCUT2D eigenvalue weighted by Gasteiger charge is 2.32. The predicted octanol–water partition coefficient (Wildman–Crippen LogP) is 1.54. The number of carbonyl (C=O) groups is 2. The standard InChI is InChI=1S/C17H22N2O4/c1-2-22-17(21)19-9-7-18(8-10-19)16(20)14-11-13-5-3-4-6-15(13)23-12-14/h3-6,14H,2,7-12H2,1H3. The molecule has 23 heavy (non-hydrogen) atoms. The zero-order valence-electron chi connectivity index (χ0n) is 13.4. The summed E-state index contributed by atoms with van der Waals surface area (Å²) in [5.41, 5.74) is 1.09. The molecule has 1 atom stereocenters. The first-order chi connectivity index (χ1) is 11.2. The van der Waals surface area contributed by atoms with Crippen molar-refractivity contribution in [3.05, 3.63) is 29.8 Å². The monoisotopic (exact) mass is 318 g/mol. The number of hydrogen-bond acceptors (Lipinski definition) is 4. The maximum atomic E-state index is 12.7. The summed E-state index contributed by atoms with van der Waals surface area (Å²) >= 11 is 0. The fourth-order valence-corrected chi connectivity index (χ4v) is 3.07. The molecule has 0 aliphatic carbocycles. The van der Waals surface area contributed by atoms with E-state index in [1.165, 1.54) is 0 Å². The van der Waals surface area contributed by atoms with Crippen molar-refractivity contribution >= 4 is 12.0 Å².